The van der Waals surface area contributed by atoms with E-state index >= 15 is 0 Å². The Morgan fingerprint density at radius 1 is 1.04 bits per heavy atom. The maximum atomic E-state index is 13.1. The van der Waals surface area contributed by atoms with Crippen LogP contribution in [-0.2, 0) is 13.1 Å². The number of likely N-dealkylation sites (tertiary alicyclic amines) is 1. The predicted molar refractivity (Wildman–Crippen MR) is 106 cm³/mol. The summed E-state index contributed by atoms with van der Waals surface area (Å²) in [7, 11) is 0. The first-order valence-electron chi connectivity index (χ1n) is 9.81. The molecule has 1 aliphatic heterocycles. The highest BCUT2D eigenvalue weighted by Crippen LogP contribution is 2.22. The molecule has 1 fully saturated rings. The molecule has 3 aromatic rings. The third-order valence-electron chi connectivity index (χ3n) is 5.21. The molecule has 0 unspecified atom stereocenters. The van der Waals surface area contributed by atoms with E-state index in [2.05, 4.69) is 44.7 Å². The van der Waals surface area contributed by atoms with Crippen molar-refractivity contribution in [1.29, 1.82) is 0 Å². The number of nitrogens with one attached hydrogen (secondary N) is 1. The lowest BCUT2D eigenvalue weighted by Gasteiger charge is -2.18. The van der Waals surface area contributed by atoms with Gasteiger partial charge in [-0.15, -0.1) is 10.2 Å². The van der Waals surface area contributed by atoms with Gasteiger partial charge in [0.2, 0.25) is 11.8 Å². The van der Waals surface area contributed by atoms with Crippen LogP contribution < -0.4 is 5.32 Å². The second kappa shape index (κ2) is 8.63. The number of aromatic nitrogens is 2. The molecule has 2 aromatic carbocycles. The standard InChI is InChI=1S/C22H25FN4O/c1-16(21-25-26-22(28-21)17-8-10-20(23)11-9-17)24-14-18-6-2-3-7-19(18)15-27-12-4-5-13-27/h2-3,6-11,16,24H,4-5,12-15H2,1H3/t16-/m1/s1. The summed E-state index contributed by atoms with van der Waals surface area (Å²) in [6.07, 6.45) is 2.59. The summed E-state index contributed by atoms with van der Waals surface area (Å²) in [5, 5.41) is 11.7. The van der Waals surface area contributed by atoms with Gasteiger partial charge in [0.15, 0.2) is 0 Å². The molecule has 1 aromatic heterocycles. The van der Waals surface area contributed by atoms with Crippen LogP contribution in [-0.4, -0.2) is 28.2 Å². The normalized spacial score (nSPS) is 15.8. The molecule has 6 heteroatoms. The van der Waals surface area contributed by atoms with Crippen molar-refractivity contribution in [2.45, 2.75) is 38.9 Å². The fourth-order valence-electron chi connectivity index (χ4n) is 3.53. The highest BCUT2D eigenvalue weighted by Gasteiger charge is 2.17. The molecular weight excluding hydrogens is 355 g/mol. The highest BCUT2D eigenvalue weighted by molar-refractivity contribution is 5.52. The molecule has 0 radical (unpaired) electrons. The summed E-state index contributed by atoms with van der Waals surface area (Å²) in [5.41, 5.74) is 3.37. The molecule has 0 spiro atoms. The summed E-state index contributed by atoms with van der Waals surface area (Å²) >= 11 is 0. The molecule has 1 atom stereocenters. The Labute approximate surface area is 164 Å². The molecule has 0 aliphatic carbocycles. The number of hydrogen-bond donors (Lipinski definition) is 1. The number of hydrogen-bond acceptors (Lipinski definition) is 5. The highest BCUT2D eigenvalue weighted by atomic mass is 19.1. The number of rotatable bonds is 7. The zero-order valence-corrected chi connectivity index (χ0v) is 16.1. The van der Waals surface area contributed by atoms with Crippen LogP contribution in [0.1, 0.15) is 42.8 Å². The maximum Gasteiger partial charge on any atom is 0.247 e. The lowest BCUT2D eigenvalue weighted by Crippen LogP contribution is -2.22. The van der Waals surface area contributed by atoms with Crippen LogP contribution in [0.4, 0.5) is 4.39 Å². The van der Waals surface area contributed by atoms with Crippen molar-refractivity contribution in [3.8, 4) is 11.5 Å². The van der Waals surface area contributed by atoms with Gasteiger partial charge in [-0.2, -0.15) is 0 Å². The van der Waals surface area contributed by atoms with Crippen molar-refractivity contribution in [3.05, 3.63) is 71.4 Å². The van der Waals surface area contributed by atoms with Crippen LogP contribution in [0, 0.1) is 5.82 Å². The maximum absolute atomic E-state index is 13.1. The van der Waals surface area contributed by atoms with Crippen LogP contribution >= 0.6 is 0 Å². The van der Waals surface area contributed by atoms with E-state index in [1.165, 1.54) is 49.2 Å². The van der Waals surface area contributed by atoms with E-state index in [9.17, 15) is 4.39 Å². The number of nitrogens with zero attached hydrogens (tertiary/aromatic N) is 3. The van der Waals surface area contributed by atoms with Gasteiger partial charge in [-0.25, -0.2) is 4.39 Å². The molecule has 0 bridgehead atoms. The second-order valence-corrected chi connectivity index (χ2v) is 7.31. The molecule has 1 aliphatic rings. The molecule has 4 rings (SSSR count). The molecular formula is C22H25FN4O. The molecule has 0 saturated carbocycles. The third kappa shape index (κ3) is 4.46. The van der Waals surface area contributed by atoms with Gasteiger partial charge in [-0.3, -0.25) is 4.90 Å². The Morgan fingerprint density at radius 3 is 2.50 bits per heavy atom. The van der Waals surface area contributed by atoms with E-state index in [-0.39, 0.29) is 11.9 Å². The fourth-order valence-corrected chi connectivity index (χ4v) is 3.53. The summed E-state index contributed by atoms with van der Waals surface area (Å²) in [5.74, 6) is 0.639. The van der Waals surface area contributed by atoms with Crippen molar-refractivity contribution in [2.24, 2.45) is 0 Å². The molecule has 0 amide bonds. The Kier molecular flexibility index (Phi) is 5.78. The van der Waals surface area contributed by atoms with Gasteiger partial charge >= 0.3 is 0 Å². The Hall–Kier alpha value is -2.57. The molecule has 146 valence electrons. The molecule has 28 heavy (non-hydrogen) atoms. The van der Waals surface area contributed by atoms with Gasteiger partial charge in [0.1, 0.15) is 5.82 Å². The topological polar surface area (TPSA) is 54.2 Å². The number of benzene rings is 2. The zero-order chi connectivity index (χ0) is 19.3. The Bertz CT molecular complexity index is 903. The third-order valence-corrected chi connectivity index (χ3v) is 5.21. The summed E-state index contributed by atoms with van der Waals surface area (Å²) in [6, 6.07) is 14.5. The molecule has 2 heterocycles. The van der Waals surface area contributed by atoms with E-state index < -0.39 is 0 Å². The van der Waals surface area contributed by atoms with E-state index in [0.29, 0.717) is 17.3 Å². The SMILES string of the molecule is C[C@@H](NCc1ccccc1CN1CCCC1)c1nnc(-c2ccc(F)cc2)o1. The van der Waals surface area contributed by atoms with Crippen molar-refractivity contribution in [2.75, 3.05) is 13.1 Å². The smallest absolute Gasteiger partial charge is 0.247 e. The van der Waals surface area contributed by atoms with Crippen LogP contribution in [0.3, 0.4) is 0 Å². The van der Waals surface area contributed by atoms with Crippen LogP contribution in [0.25, 0.3) is 11.5 Å². The summed E-state index contributed by atoms with van der Waals surface area (Å²) < 4.78 is 18.9. The minimum atomic E-state index is -0.286. The minimum Gasteiger partial charge on any atom is -0.419 e. The van der Waals surface area contributed by atoms with Crippen LogP contribution in [0.5, 0.6) is 0 Å². The Balaban J connectivity index is 1.39. The molecule has 1 N–H and O–H groups in total. The van der Waals surface area contributed by atoms with E-state index in [0.717, 1.165) is 13.1 Å². The monoisotopic (exact) mass is 380 g/mol. The van der Waals surface area contributed by atoms with Crippen molar-refractivity contribution < 1.29 is 8.81 Å². The lowest BCUT2D eigenvalue weighted by atomic mass is 10.1. The first-order valence-corrected chi connectivity index (χ1v) is 9.81. The average molecular weight is 380 g/mol. The largest absolute Gasteiger partial charge is 0.419 e. The fraction of sp³-hybridized carbons (Fsp3) is 0.364. The quantitative estimate of drug-likeness (QED) is 0.661. The minimum absolute atomic E-state index is 0.0819. The zero-order valence-electron chi connectivity index (χ0n) is 16.1. The van der Waals surface area contributed by atoms with Crippen molar-refractivity contribution in [1.82, 2.24) is 20.4 Å². The van der Waals surface area contributed by atoms with Crippen molar-refractivity contribution in [3.63, 3.8) is 0 Å². The average Bonchev–Trinajstić information content (AvgIpc) is 3.40. The predicted octanol–water partition coefficient (Wildman–Crippen LogP) is 4.32. The van der Waals surface area contributed by atoms with Crippen LogP contribution in [0.15, 0.2) is 52.9 Å². The summed E-state index contributed by atoms with van der Waals surface area (Å²) in [4.78, 5) is 2.51. The van der Waals surface area contributed by atoms with Gasteiger partial charge in [0.25, 0.3) is 0 Å². The van der Waals surface area contributed by atoms with Gasteiger partial charge in [-0.1, -0.05) is 24.3 Å². The lowest BCUT2D eigenvalue weighted by molar-refractivity contribution is 0.329. The van der Waals surface area contributed by atoms with Gasteiger partial charge in [0.05, 0.1) is 6.04 Å². The van der Waals surface area contributed by atoms with E-state index in [1.807, 2.05) is 6.92 Å². The first-order chi connectivity index (χ1) is 13.7. The van der Waals surface area contributed by atoms with Crippen molar-refractivity contribution >= 4 is 0 Å². The Morgan fingerprint density at radius 2 is 1.75 bits per heavy atom. The van der Waals surface area contributed by atoms with Gasteiger partial charge < -0.3 is 9.73 Å². The van der Waals surface area contributed by atoms with E-state index in [1.54, 1.807) is 12.1 Å². The van der Waals surface area contributed by atoms with Gasteiger partial charge in [-0.05, 0) is 68.2 Å². The summed E-state index contributed by atoms with van der Waals surface area (Å²) in [6.45, 7) is 6.12. The molecule has 1 saturated heterocycles. The second-order valence-electron chi connectivity index (χ2n) is 7.31. The molecule has 5 nitrogen and oxygen atoms in total. The number of halogens is 1. The van der Waals surface area contributed by atoms with Crippen LogP contribution in [0.2, 0.25) is 0 Å². The van der Waals surface area contributed by atoms with E-state index in [4.69, 9.17) is 4.42 Å². The van der Waals surface area contributed by atoms with Gasteiger partial charge in [0, 0.05) is 18.7 Å². The first kappa shape index (κ1) is 18.8.